The summed E-state index contributed by atoms with van der Waals surface area (Å²) in [6, 6.07) is 11.7. The minimum absolute atomic E-state index is 0.0902. The van der Waals surface area contributed by atoms with Crippen molar-refractivity contribution < 1.29 is 13.9 Å². The van der Waals surface area contributed by atoms with Gasteiger partial charge in [-0.2, -0.15) is 5.10 Å². The van der Waals surface area contributed by atoms with Crippen LogP contribution < -0.4 is 5.32 Å². The van der Waals surface area contributed by atoms with Crippen molar-refractivity contribution in [1.29, 1.82) is 0 Å². The molecule has 4 heterocycles. The van der Waals surface area contributed by atoms with E-state index in [-0.39, 0.29) is 23.8 Å². The summed E-state index contributed by atoms with van der Waals surface area (Å²) in [5, 5.41) is 18.6. The van der Waals surface area contributed by atoms with Crippen molar-refractivity contribution in [3.63, 3.8) is 0 Å². The molecule has 2 atom stereocenters. The molecular weight excluding hydrogens is 458 g/mol. The van der Waals surface area contributed by atoms with Crippen molar-refractivity contribution in [2.24, 2.45) is 5.10 Å². The maximum atomic E-state index is 13.1. The number of thioether (sulfide) groups is 1. The molecule has 8 nitrogen and oxygen atoms in total. The first kappa shape index (κ1) is 22.1. The summed E-state index contributed by atoms with van der Waals surface area (Å²) in [6.45, 7) is 3.61. The second-order valence-corrected chi connectivity index (χ2v) is 10.3. The Morgan fingerprint density at radius 2 is 2.15 bits per heavy atom. The first-order valence-electron chi connectivity index (χ1n) is 11.0. The minimum Gasteiger partial charge on any atom is -0.467 e. The summed E-state index contributed by atoms with van der Waals surface area (Å²) < 4.78 is 12.0. The van der Waals surface area contributed by atoms with Gasteiger partial charge in [-0.3, -0.25) is 4.79 Å². The van der Waals surface area contributed by atoms with Gasteiger partial charge in [-0.15, -0.1) is 10.2 Å². The molecule has 1 N–H and O–H groups in total. The SMILES string of the molecule is Cc1ccc(C2=NN(C(=O)CSc3nnc(NCC4CCCO4)s3)C(c3ccco3)C2)cc1. The van der Waals surface area contributed by atoms with E-state index in [1.54, 1.807) is 11.3 Å². The number of hydrogen-bond acceptors (Lipinski definition) is 9. The summed E-state index contributed by atoms with van der Waals surface area (Å²) in [6.07, 6.45) is 4.65. The van der Waals surface area contributed by atoms with Gasteiger partial charge in [0, 0.05) is 19.6 Å². The average molecular weight is 484 g/mol. The molecule has 172 valence electrons. The molecule has 0 bridgehead atoms. The normalized spacial score (nSPS) is 20.3. The third kappa shape index (κ3) is 5.29. The van der Waals surface area contributed by atoms with Crippen LogP contribution in [0.25, 0.3) is 0 Å². The van der Waals surface area contributed by atoms with Crippen molar-refractivity contribution in [2.75, 3.05) is 24.2 Å². The third-order valence-corrected chi connectivity index (χ3v) is 7.65. The molecule has 0 spiro atoms. The molecule has 1 fully saturated rings. The number of rotatable bonds is 8. The van der Waals surface area contributed by atoms with Crippen LogP contribution in [-0.2, 0) is 9.53 Å². The Balaban J connectivity index is 1.23. The van der Waals surface area contributed by atoms with Crippen molar-refractivity contribution >= 4 is 39.8 Å². The van der Waals surface area contributed by atoms with Crippen LogP contribution >= 0.6 is 23.1 Å². The second-order valence-electron chi connectivity index (χ2n) is 8.06. The molecule has 0 radical (unpaired) electrons. The van der Waals surface area contributed by atoms with Crippen LogP contribution in [0.1, 0.15) is 42.2 Å². The van der Waals surface area contributed by atoms with Crippen LogP contribution in [0.3, 0.4) is 0 Å². The van der Waals surface area contributed by atoms with Gasteiger partial charge in [-0.1, -0.05) is 52.9 Å². The van der Waals surface area contributed by atoms with E-state index in [4.69, 9.17) is 9.15 Å². The number of aryl methyl sites for hydroxylation is 1. The lowest BCUT2D eigenvalue weighted by atomic mass is 10.0. The number of carbonyl (C=O) groups excluding carboxylic acids is 1. The average Bonchev–Trinajstić information content (AvgIpc) is 3.62. The van der Waals surface area contributed by atoms with E-state index in [1.165, 1.54) is 28.7 Å². The molecule has 33 heavy (non-hydrogen) atoms. The highest BCUT2D eigenvalue weighted by Crippen LogP contribution is 2.34. The molecule has 1 aromatic carbocycles. The number of carbonyl (C=O) groups is 1. The van der Waals surface area contributed by atoms with E-state index in [1.807, 2.05) is 24.3 Å². The van der Waals surface area contributed by atoms with Crippen molar-refractivity contribution in [2.45, 2.75) is 42.7 Å². The number of nitrogens with zero attached hydrogens (tertiary/aromatic N) is 4. The Labute approximate surface area is 200 Å². The maximum Gasteiger partial charge on any atom is 0.253 e. The van der Waals surface area contributed by atoms with Crippen LogP contribution in [0.5, 0.6) is 0 Å². The number of anilines is 1. The predicted molar refractivity (Wildman–Crippen MR) is 129 cm³/mol. The summed E-state index contributed by atoms with van der Waals surface area (Å²) in [7, 11) is 0. The minimum atomic E-state index is -0.248. The van der Waals surface area contributed by atoms with Gasteiger partial charge in [0.05, 0.1) is 23.8 Å². The Hall–Kier alpha value is -2.69. The van der Waals surface area contributed by atoms with Gasteiger partial charge in [-0.05, 0) is 37.5 Å². The van der Waals surface area contributed by atoms with Crippen LogP contribution in [-0.4, -0.2) is 51.8 Å². The number of hydrogen-bond donors (Lipinski definition) is 1. The molecule has 5 rings (SSSR count). The van der Waals surface area contributed by atoms with E-state index >= 15 is 0 Å². The highest BCUT2D eigenvalue weighted by Gasteiger charge is 2.34. The van der Waals surface area contributed by atoms with E-state index < -0.39 is 0 Å². The summed E-state index contributed by atoms with van der Waals surface area (Å²) in [5.41, 5.74) is 3.09. The zero-order valence-corrected chi connectivity index (χ0v) is 19.9. The van der Waals surface area contributed by atoms with E-state index in [0.717, 1.165) is 52.5 Å². The Morgan fingerprint density at radius 3 is 2.91 bits per heavy atom. The summed E-state index contributed by atoms with van der Waals surface area (Å²) in [4.78, 5) is 13.1. The first-order chi connectivity index (χ1) is 16.2. The molecule has 2 aromatic heterocycles. The zero-order chi connectivity index (χ0) is 22.6. The molecule has 3 aromatic rings. The van der Waals surface area contributed by atoms with E-state index in [9.17, 15) is 4.79 Å². The molecule has 1 amide bonds. The van der Waals surface area contributed by atoms with Crippen molar-refractivity contribution in [1.82, 2.24) is 15.2 Å². The quantitative estimate of drug-likeness (QED) is 0.472. The molecule has 0 saturated carbocycles. The first-order valence-corrected chi connectivity index (χ1v) is 12.8. The molecule has 10 heteroatoms. The lowest BCUT2D eigenvalue weighted by molar-refractivity contribution is -0.130. The third-order valence-electron chi connectivity index (χ3n) is 5.65. The van der Waals surface area contributed by atoms with Crippen LogP contribution in [0.2, 0.25) is 0 Å². The monoisotopic (exact) mass is 483 g/mol. The Bertz CT molecular complexity index is 1110. The zero-order valence-electron chi connectivity index (χ0n) is 18.3. The van der Waals surface area contributed by atoms with Gasteiger partial charge in [0.25, 0.3) is 5.91 Å². The smallest absolute Gasteiger partial charge is 0.253 e. The van der Waals surface area contributed by atoms with Crippen LogP contribution in [0.4, 0.5) is 5.13 Å². The van der Waals surface area contributed by atoms with Gasteiger partial charge in [-0.25, -0.2) is 5.01 Å². The number of aromatic nitrogens is 2. The van der Waals surface area contributed by atoms with Crippen molar-refractivity contribution in [3.05, 3.63) is 59.5 Å². The largest absolute Gasteiger partial charge is 0.467 e. The number of benzene rings is 1. The summed E-state index contributed by atoms with van der Waals surface area (Å²) in [5.74, 6) is 0.866. The van der Waals surface area contributed by atoms with E-state index in [2.05, 4.69) is 39.7 Å². The molecule has 2 aliphatic rings. The number of hydrazone groups is 1. The number of amides is 1. The van der Waals surface area contributed by atoms with Gasteiger partial charge < -0.3 is 14.5 Å². The molecule has 0 aliphatic carbocycles. The standard InChI is InChI=1S/C23H25N5O3S2/c1-15-6-8-16(9-7-15)18-12-19(20-5-3-11-31-20)28(27-18)21(29)14-32-23-26-25-22(33-23)24-13-17-4-2-10-30-17/h3,5-9,11,17,19H,2,4,10,12-14H2,1H3,(H,24,25). The molecule has 1 saturated heterocycles. The molecule has 2 unspecified atom stereocenters. The Morgan fingerprint density at radius 1 is 1.27 bits per heavy atom. The van der Waals surface area contributed by atoms with E-state index in [0.29, 0.717) is 6.42 Å². The summed E-state index contributed by atoms with van der Waals surface area (Å²) >= 11 is 2.82. The van der Waals surface area contributed by atoms with Crippen molar-refractivity contribution in [3.8, 4) is 0 Å². The second kappa shape index (κ2) is 10.1. The number of ether oxygens (including phenoxy) is 1. The fourth-order valence-corrected chi connectivity index (χ4v) is 5.51. The van der Waals surface area contributed by atoms with Crippen LogP contribution in [0.15, 0.2) is 56.5 Å². The molecule has 2 aliphatic heterocycles. The highest BCUT2D eigenvalue weighted by molar-refractivity contribution is 8.01. The lowest BCUT2D eigenvalue weighted by Crippen LogP contribution is -2.28. The van der Waals surface area contributed by atoms with Crippen LogP contribution in [0, 0.1) is 6.92 Å². The number of nitrogens with one attached hydrogen (secondary N) is 1. The Kier molecular flexibility index (Phi) is 6.75. The highest BCUT2D eigenvalue weighted by atomic mass is 32.2. The maximum absolute atomic E-state index is 13.1. The predicted octanol–water partition coefficient (Wildman–Crippen LogP) is 4.50. The fraction of sp³-hybridized carbons (Fsp3) is 0.391. The lowest BCUT2D eigenvalue weighted by Gasteiger charge is -2.19. The van der Waals surface area contributed by atoms with Gasteiger partial charge in [0.15, 0.2) is 4.34 Å². The van der Waals surface area contributed by atoms with Gasteiger partial charge in [0.1, 0.15) is 11.8 Å². The number of furan rings is 1. The fourth-order valence-electron chi connectivity index (χ4n) is 3.90. The van der Waals surface area contributed by atoms with Gasteiger partial charge in [0.2, 0.25) is 5.13 Å². The van der Waals surface area contributed by atoms with Gasteiger partial charge >= 0.3 is 0 Å². The topological polar surface area (TPSA) is 92.9 Å². The molecular formula is C23H25N5O3S2.